The van der Waals surface area contributed by atoms with Gasteiger partial charge in [-0.2, -0.15) is 5.26 Å². The molecule has 0 spiro atoms. The van der Waals surface area contributed by atoms with Crippen molar-refractivity contribution in [2.24, 2.45) is 0 Å². The number of amides is 1. The maximum atomic E-state index is 12.5. The molecule has 0 radical (unpaired) electrons. The molecule has 10 nitrogen and oxygen atoms in total. The van der Waals surface area contributed by atoms with Crippen LogP contribution in [-0.2, 0) is 27.2 Å². The highest BCUT2D eigenvalue weighted by molar-refractivity contribution is 5.82. The monoisotopic (exact) mass is 521 g/mol. The summed E-state index contributed by atoms with van der Waals surface area (Å²) in [5.41, 5.74) is 4.08. The quantitative estimate of drug-likeness (QED) is 0.366. The normalized spacial score (nSPS) is 16.7. The lowest BCUT2D eigenvalue weighted by Gasteiger charge is -2.18. The summed E-state index contributed by atoms with van der Waals surface area (Å²) in [7, 11) is 3.97. The lowest BCUT2D eigenvalue weighted by molar-refractivity contribution is -0.132. The van der Waals surface area contributed by atoms with Gasteiger partial charge in [-0.3, -0.25) is 9.36 Å². The number of nitrogens with zero attached hydrogens (tertiary/aromatic N) is 3. The first-order chi connectivity index (χ1) is 18.4. The minimum Gasteiger partial charge on any atom is -0.408 e. The number of hydrogen-bond donors (Lipinski definition) is 2. The van der Waals surface area contributed by atoms with Crippen LogP contribution < -0.4 is 16.4 Å². The number of carbonyl (C=O) groups excluding carboxylic acids is 1. The fourth-order valence-electron chi connectivity index (χ4n) is 4.30. The van der Waals surface area contributed by atoms with E-state index in [9.17, 15) is 14.9 Å². The first-order valence-electron chi connectivity index (χ1n) is 12.9. The number of nitriles is 1. The molecule has 2 atom stereocenters. The van der Waals surface area contributed by atoms with Crippen molar-refractivity contribution in [1.29, 1.82) is 5.26 Å². The van der Waals surface area contributed by atoms with Crippen LogP contribution in [-0.4, -0.2) is 81.1 Å². The number of carbonyl (C=O) groups is 1. The third-order valence-electron chi connectivity index (χ3n) is 6.45. The molecule has 2 heterocycles. The van der Waals surface area contributed by atoms with Crippen molar-refractivity contribution in [3.05, 3.63) is 58.6 Å². The van der Waals surface area contributed by atoms with Gasteiger partial charge in [-0.25, -0.2) is 4.79 Å². The van der Waals surface area contributed by atoms with Gasteiger partial charge in [0.05, 0.1) is 31.3 Å². The molecule has 4 rings (SSSR count). The highest BCUT2D eigenvalue weighted by Crippen LogP contribution is 2.25. The van der Waals surface area contributed by atoms with E-state index in [-0.39, 0.29) is 5.91 Å². The first kappa shape index (κ1) is 27.5. The Labute approximate surface area is 222 Å². The van der Waals surface area contributed by atoms with E-state index >= 15 is 0 Å². The van der Waals surface area contributed by atoms with Gasteiger partial charge in [0.15, 0.2) is 5.58 Å². The molecule has 10 heteroatoms. The molecule has 3 aromatic rings. The molecule has 0 saturated carbocycles. The molecule has 0 bridgehead atoms. The molecule has 1 aromatic heterocycles. The maximum Gasteiger partial charge on any atom is 0.420 e. The van der Waals surface area contributed by atoms with Crippen LogP contribution in [0.3, 0.4) is 0 Å². The molecule has 1 aliphatic heterocycles. The minimum atomic E-state index is -0.656. The third-order valence-corrected chi connectivity index (χ3v) is 6.45. The smallest absolute Gasteiger partial charge is 0.408 e. The summed E-state index contributed by atoms with van der Waals surface area (Å²) in [6.45, 7) is 4.01. The van der Waals surface area contributed by atoms with E-state index in [0.29, 0.717) is 44.9 Å². The zero-order valence-electron chi connectivity index (χ0n) is 21.9. The van der Waals surface area contributed by atoms with Crippen molar-refractivity contribution in [3.8, 4) is 17.2 Å². The summed E-state index contributed by atoms with van der Waals surface area (Å²) < 4.78 is 18.2. The average molecular weight is 522 g/mol. The van der Waals surface area contributed by atoms with E-state index in [4.69, 9.17) is 13.9 Å². The van der Waals surface area contributed by atoms with Crippen LogP contribution in [0, 0.1) is 11.3 Å². The molecule has 1 amide bonds. The zero-order valence-corrected chi connectivity index (χ0v) is 21.9. The second-order valence-electron chi connectivity index (χ2n) is 9.63. The van der Waals surface area contributed by atoms with Crippen LogP contribution in [0.4, 0.5) is 0 Å². The summed E-state index contributed by atoms with van der Waals surface area (Å²) >= 11 is 0. The van der Waals surface area contributed by atoms with Crippen molar-refractivity contribution in [2.75, 3.05) is 53.6 Å². The van der Waals surface area contributed by atoms with Crippen LogP contribution >= 0.6 is 0 Å². The highest BCUT2D eigenvalue weighted by Gasteiger charge is 2.23. The summed E-state index contributed by atoms with van der Waals surface area (Å²) in [6.07, 6.45) is 0.654. The van der Waals surface area contributed by atoms with E-state index in [1.54, 1.807) is 10.6 Å². The van der Waals surface area contributed by atoms with Crippen molar-refractivity contribution in [1.82, 2.24) is 20.1 Å². The number of aromatic nitrogens is 1. The van der Waals surface area contributed by atoms with Gasteiger partial charge in [-0.05, 0) is 55.9 Å². The minimum absolute atomic E-state index is 0.273. The molecule has 0 aliphatic carbocycles. The van der Waals surface area contributed by atoms with Gasteiger partial charge in [-0.1, -0.05) is 30.3 Å². The Morgan fingerprint density at radius 1 is 1.24 bits per heavy atom. The van der Waals surface area contributed by atoms with Crippen LogP contribution in [0.2, 0.25) is 0 Å². The summed E-state index contributed by atoms with van der Waals surface area (Å²) in [5.74, 6) is -0.677. The Balaban J connectivity index is 1.40. The number of nitrogens with one attached hydrogen (secondary N) is 2. The van der Waals surface area contributed by atoms with E-state index in [0.717, 1.165) is 41.7 Å². The molecule has 1 saturated heterocycles. The van der Waals surface area contributed by atoms with Crippen LogP contribution in [0.5, 0.6) is 0 Å². The van der Waals surface area contributed by atoms with Crippen molar-refractivity contribution < 1.29 is 18.7 Å². The number of likely N-dealkylation sites (N-methyl/N-ethyl adjacent to an activating group) is 1. The first-order valence-corrected chi connectivity index (χ1v) is 12.9. The number of oxazole rings is 1. The van der Waals surface area contributed by atoms with Crippen LogP contribution in [0.15, 0.2) is 51.7 Å². The van der Waals surface area contributed by atoms with Gasteiger partial charge >= 0.3 is 5.76 Å². The fraction of sp³-hybridized carbons (Fsp3) is 0.464. The number of ether oxygens (including phenoxy) is 2. The van der Waals surface area contributed by atoms with E-state index in [1.807, 2.05) is 55.4 Å². The second kappa shape index (κ2) is 13.3. The molecular formula is C28H35N5O5. The Hall–Kier alpha value is -3.49. The second-order valence-corrected chi connectivity index (χ2v) is 9.63. The topological polar surface area (TPSA) is 122 Å². The summed E-state index contributed by atoms with van der Waals surface area (Å²) in [4.78, 5) is 27.0. The molecule has 38 heavy (non-hydrogen) atoms. The predicted octanol–water partition coefficient (Wildman–Crippen LogP) is 1.77. The third kappa shape index (κ3) is 7.30. The highest BCUT2D eigenvalue weighted by atomic mass is 16.5. The summed E-state index contributed by atoms with van der Waals surface area (Å²) in [6, 6.07) is 15.0. The number of benzene rings is 2. The maximum absolute atomic E-state index is 12.5. The van der Waals surface area contributed by atoms with Crippen LogP contribution in [0.25, 0.3) is 22.2 Å². The molecular weight excluding hydrogens is 486 g/mol. The summed E-state index contributed by atoms with van der Waals surface area (Å²) in [5, 5.41) is 15.6. The molecule has 2 N–H and O–H groups in total. The Morgan fingerprint density at radius 2 is 2.03 bits per heavy atom. The predicted molar refractivity (Wildman–Crippen MR) is 144 cm³/mol. The van der Waals surface area contributed by atoms with Gasteiger partial charge < -0.3 is 29.4 Å². The zero-order chi connectivity index (χ0) is 26.9. The van der Waals surface area contributed by atoms with Crippen molar-refractivity contribution in [3.63, 3.8) is 0 Å². The lowest BCUT2D eigenvalue weighted by Crippen LogP contribution is -2.46. The Morgan fingerprint density at radius 3 is 2.79 bits per heavy atom. The van der Waals surface area contributed by atoms with Gasteiger partial charge in [0.1, 0.15) is 12.1 Å². The fourth-order valence-corrected chi connectivity index (χ4v) is 4.30. The van der Waals surface area contributed by atoms with Gasteiger partial charge in [-0.15, -0.1) is 0 Å². The number of fused-ring (bicyclic) bond motifs is 1. The van der Waals surface area contributed by atoms with Crippen molar-refractivity contribution >= 4 is 17.0 Å². The molecule has 1 fully saturated rings. The Bertz CT molecular complexity index is 1300. The van der Waals surface area contributed by atoms with E-state index < -0.39 is 17.9 Å². The standard InChI is InChI=1S/C28H35N5O5/c1-32(2)11-14-36-15-12-33-24-17-22(8-9-25(24)38-28(33)35)21-6-4-20(5-7-21)16-23(18-29)31-27(34)26-19-30-10-3-13-37-26/h4-9,17,23,26,30H,3,10-16,19H2,1-2H3,(H,31,34). The van der Waals surface area contributed by atoms with Gasteiger partial charge in [0, 0.05) is 26.1 Å². The van der Waals surface area contributed by atoms with E-state index in [1.165, 1.54) is 0 Å². The average Bonchev–Trinajstić information content (AvgIpc) is 3.06. The largest absolute Gasteiger partial charge is 0.420 e. The molecule has 2 unspecified atom stereocenters. The van der Waals surface area contributed by atoms with Crippen molar-refractivity contribution in [2.45, 2.75) is 31.5 Å². The molecule has 2 aromatic carbocycles. The van der Waals surface area contributed by atoms with Gasteiger partial charge in [0.2, 0.25) is 0 Å². The van der Waals surface area contributed by atoms with E-state index in [2.05, 4.69) is 16.7 Å². The Kier molecular flexibility index (Phi) is 9.67. The SMILES string of the molecule is CN(C)CCOCCn1c(=O)oc2ccc(-c3ccc(CC(C#N)NC(=O)C4CNCCCO4)cc3)cc21. The lowest BCUT2D eigenvalue weighted by atomic mass is 10.0. The molecule has 1 aliphatic rings. The number of hydrogen-bond acceptors (Lipinski definition) is 8. The number of rotatable bonds is 11. The van der Waals surface area contributed by atoms with Gasteiger partial charge in [0.25, 0.3) is 5.91 Å². The van der Waals surface area contributed by atoms with Crippen LogP contribution in [0.1, 0.15) is 12.0 Å². The molecule has 202 valence electrons.